The van der Waals surface area contributed by atoms with E-state index in [2.05, 4.69) is 5.10 Å². The number of phosphoric acid groups is 2. The molecule has 4 N–H and O–H groups in total. The molecule has 0 aliphatic rings. The first-order valence-corrected chi connectivity index (χ1v) is 12.0. The van der Waals surface area contributed by atoms with E-state index in [0.717, 1.165) is 0 Å². The molecule has 0 radical (unpaired) electrons. The molecule has 0 spiro atoms. The maximum absolute atomic E-state index is 11.5. The molecule has 172 valence electrons. The van der Waals surface area contributed by atoms with Crippen LogP contribution in [0.25, 0.3) is 22.9 Å². The summed E-state index contributed by atoms with van der Waals surface area (Å²) in [6.07, 6.45) is 1.30. The highest BCUT2D eigenvalue weighted by molar-refractivity contribution is 7.46. The smallest absolute Gasteiger partial charge is 0.497 e. The van der Waals surface area contributed by atoms with Gasteiger partial charge in [0.1, 0.15) is 17.2 Å². The van der Waals surface area contributed by atoms with Gasteiger partial charge in [-0.05, 0) is 31.6 Å². The van der Waals surface area contributed by atoms with Crippen LogP contribution in [0.1, 0.15) is 40.3 Å². The molecule has 0 unspecified atom stereocenters. The first-order valence-electron chi connectivity index (χ1n) is 8.98. The molecule has 0 bridgehead atoms. The Hall–Kier alpha value is -2.13. The zero-order valence-electron chi connectivity index (χ0n) is 17.9. The lowest BCUT2D eigenvalue weighted by Crippen LogP contribution is -2.13. The fraction of sp³-hybridized carbons (Fsp3) is 0.389. The van der Waals surface area contributed by atoms with E-state index in [1.165, 1.54) is 18.0 Å². The number of hydrogen-bond acceptors (Lipinski definition) is 6. The van der Waals surface area contributed by atoms with E-state index in [0.29, 0.717) is 22.2 Å². The second-order valence-corrected chi connectivity index (χ2v) is 10.2. The lowest BCUT2D eigenvalue weighted by atomic mass is 9.94. The fourth-order valence-electron chi connectivity index (χ4n) is 2.59. The van der Waals surface area contributed by atoms with E-state index in [-0.39, 0.29) is 17.2 Å². The molecule has 0 fully saturated rings. The van der Waals surface area contributed by atoms with Crippen LogP contribution < -0.4 is 4.74 Å². The lowest BCUT2D eigenvalue weighted by Gasteiger charge is -2.23. The van der Waals surface area contributed by atoms with Gasteiger partial charge in [0.15, 0.2) is 5.76 Å². The first kappa shape index (κ1) is 25.1. The van der Waals surface area contributed by atoms with Crippen LogP contribution in [-0.4, -0.2) is 36.5 Å². The number of nitrogens with zero attached hydrogens (tertiary/aromatic N) is 2. The van der Waals surface area contributed by atoms with Gasteiger partial charge in [-0.15, -0.1) is 0 Å². The summed E-state index contributed by atoms with van der Waals surface area (Å²) in [6, 6.07) is 4.88. The van der Waals surface area contributed by atoms with Crippen LogP contribution in [-0.2, 0) is 18.2 Å². The standard InChI is InChI=1S/C18H26N2O9P2/c1-11(2)17(29-31(24,25)26)16-13-8-7-12(27-6)9-14(13)20(19-16)10-15(18(3,4)5)28-30(21,22)23/h7-10H,1-6H3,(H2,21,22,23)(H2,24,25,26). The van der Waals surface area contributed by atoms with Gasteiger partial charge in [0.2, 0.25) is 0 Å². The van der Waals surface area contributed by atoms with Crippen molar-refractivity contribution in [2.45, 2.75) is 34.6 Å². The van der Waals surface area contributed by atoms with Gasteiger partial charge >= 0.3 is 15.6 Å². The van der Waals surface area contributed by atoms with Crippen molar-refractivity contribution < 1.29 is 42.5 Å². The van der Waals surface area contributed by atoms with Crippen LogP contribution in [0.2, 0.25) is 0 Å². The minimum absolute atomic E-state index is 0.0609. The number of aromatic nitrogens is 2. The minimum Gasteiger partial charge on any atom is -0.497 e. The van der Waals surface area contributed by atoms with Crippen molar-refractivity contribution in [2.75, 3.05) is 7.11 Å². The third-order valence-electron chi connectivity index (χ3n) is 3.99. The zero-order valence-corrected chi connectivity index (χ0v) is 19.7. The van der Waals surface area contributed by atoms with Gasteiger partial charge < -0.3 is 13.8 Å². The molecule has 2 aromatic rings. The number of benzene rings is 1. The molecule has 0 saturated carbocycles. The minimum atomic E-state index is -4.88. The molecule has 31 heavy (non-hydrogen) atoms. The number of methoxy groups -OCH3 is 1. The van der Waals surface area contributed by atoms with Gasteiger partial charge in [-0.1, -0.05) is 20.8 Å². The van der Waals surface area contributed by atoms with Gasteiger partial charge in [-0.25, -0.2) is 13.8 Å². The van der Waals surface area contributed by atoms with E-state index in [9.17, 15) is 28.7 Å². The van der Waals surface area contributed by atoms with Crippen molar-refractivity contribution in [1.82, 2.24) is 9.78 Å². The SMILES string of the molecule is COc1ccc2c(C(OP(=O)(O)O)=C(C)C)nn(C=C(OP(=O)(O)O)C(C)(C)C)c2c1. The summed E-state index contributed by atoms with van der Waals surface area (Å²) in [5.41, 5.74) is 0.206. The Morgan fingerprint density at radius 3 is 2.10 bits per heavy atom. The Balaban J connectivity index is 2.84. The van der Waals surface area contributed by atoms with Gasteiger partial charge in [0.05, 0.1) is 18.8 Å². The van der Waals surface area contributed by atoms with Gasteiger partial charge in [-0.2, -0.15) is 5.10 Å². The van der Waals surface area contributed by atoms with E-state index >= 15 is 0 Å². The third-order valence-corrected chi connectivity index (χ3v) is 4.84. The molecule has 0 amide bonds. The summed E-state index contributed by atoms with van der Waals surface area (Å²) in [4.78, 5) is 37.2. The number of ether oxygens (including phenoxy) is 1. The average molecular weight is 476 g/mol. The molecule has 0 aliphatic carbocycles. The normalized spacial score (nSPS) is 13.3. The van der Waals surface area contributed by atoms with Crippen molar-refractivity contribution in [3.05, 3.63) is 35.2 Å². The van der Waals surface area contributed by atoms with Crippen LogP contribution in [0.15, 0.2) is 29.5 Å². The van der Waals surface area contributed by atoms with Crippen LogP contribution in [0, 0.1) is 5.41 Å². The van der Waals surface area contributed by atoms with Crippen LogP contribution >= 0.6 is 15.6 Å². The fourth-order valence-corrected chi connectivity index (χ4v) is 3.68. The van der Waals surface area contributed by atoms with Crippen molar-refractivity contribution in [2.24, 2.45) is 5.41 Å². The Bertz CT molecular complexity index is 1130. The molecule has 2 rings (SSSR count). The average Bonchev–Trinajstić information content (AvgIpc) is 2.93. The summed E-state index contributed by atoms with van der Waals surface area (Å²) >= 11 is 0. The number of allylic oxidation sites excluding steroid dienone is 2. The van der Waals surface area contributed by atoms with Gasteiger partial charge in [0.25, 0.3) is 0 Å². The highest BCUT2D eigenvalue weighted by atomic mass is 31.2. The monoisotopic (exact) mass is 476 g/mol. The van der Waals surface area contributed by atoms with E-state index in [4.69, 9.17) is 13.8 Å². The highest BCUT2D eigenvalue weighted by Crippen LogP contribution is 2.46. The third kappa shape index (κ3) is 6.67. The number of hydrogen-bond donors (Lipinski definition) is 4. The first-order chi connectivity index (χ1) is 14.0. The lowest BCUT2D eigenvalue weighted by molar-refractivity contribution is 0.203. The van der Waals surface area contributed by atoms with Crippen molar-refractivity contribution in [3.8, 4) is 5.75 Å². The Morgan fingerprint density at radius 2 is 1.65 bits per heavy atom. The topological polar surface area (TPSA) is 161 Å². The molecule has 1 aromatic carbocycles. The molecule has 0 saturated heterocycles. The Morgan fingerprint density at radius 1 is 1.06 bits per heavy atom. The van der Waals surface area contributed by atoms with E-state index in [1.807, 2.05) is 0 Å². The zero-order chi connectivity index (χ0) is 23.8. The maximum Gasteiger partial charge on any atom is 0.524 e. The molecule has 1 aromatic heterocycles. The summed E-state index contributed by atoms with van der Waals surface area (Å²) in [5, 5.41) is 4.84. The molecule has 13 heteroatoms. The highest BCUT2D eigenvalue weighted by Gasteiger charge is 2.29. The summed E-state index contributed by atoms with van der Waals surface area (Å²) < 4.78 is 39.2. The Labute approximate surface area is 179 Å². The predicted molar refractivity (Wildman–Crippen MR) is 115 cm³/mol. The van der Waals surface area contributed by atoms with Crippen LogP contribution in [0.4, 0.5) is 0 Å². The Kier molecular flexibility index (Phi) is 7.12. The second-order valence-electron chi connectivity index (χ2n) is 7.91. The van der Waals surface area contributed by atoms with E-state index < -0.39 is 21.1 Å². The quantitative estimate of drug-likeness (QED) is 0.341. The van der Waals surface area contributed by atoms with Crippen molar-refractivity contribution in [1.29, 1.82) is 0 Å². The second kappa shape index (κ2) is 8.78. The molecular formula is C18H26N2O9P2. The predicted octanol–water partition coefficient (Wildman–Crippen LogP) is 3.86. The molecule has 11 nitrogen and oxygen atoms in total. The molecule has 0 aliphatic heterocycles. The van der Waals surface area contributed by atoms with Crippen molar-refractivity contribution in [3.63, 3.8) is 0 Å². The van der Waals surface area contributed by atoms with Gasteiger partial charge in [0, 0.05) is 16.9 Å². The molecular weight excluding hydrogens is 450 g/mol. The largest absolute Gasteiger partial charge is 0.524 e. The maximum atomic E-state index is 11.5. The van der Waals surface area contributed by atoms with Crippen LogP contribution in [0.5, 0.6) is 5.75 Å². The molecule has 0 atom stereocenters. The molecule has 1 heterocycles. The summed E-state index contributed by atoms with van der Waals surface area (Å²) in [6.45, 7) is 8.29. The van der Waals surface area contributed by atoms with Gasteiger partial charge in [-0.3, -0.25) is 19.6 Å². The van der Waals surface area contributed by atoms with E-state index in [1.54, 1.807) is 52.8 Å². The van der Waals surface area contributed by atoms with Crippen LogP contribution in [0.3, 0.4) is 0 Å². The summed E-state index contributed by atoms with van der Waals surface area (Å²) in [5.74, 6) is 0.287. The summed E-state index contributed by atoms with van der Waals surface area (Å²) in [7, 11) is -8.27. The number of phosphoric ester groups is 2. The number of fused-ring (bicyclic) bond motifs is 1. The number of rotatable bonds is 7. The van der Waals surface area contributed by atoms with Crippen molar-refractivity contribution >= 4 is 38.5 Å².